The van der Waals surface area contributed by atoms with Gasteiger partial charge in [-0.2, -0.15) is 13.2 Å². The maximum absolute atomic E-state index is 12.9. The number of carbonyl (C=O) groups excluding carboxylic acids is 1. The predicted octanol–water partition coefficient (Wildman–Crippen LogP) is 5.24. The number of rotatable bonds is 3. The third-order valence-electron chi connectivity index (χ3n) is 5.31. The van der Waals surface area contributed by atoms with Crippen molar-refractivity contribution in [1.29, 1.82) is 0 Å². The standard InChI is InChI=1S/C23H21F3N2O2/c1-16-5-2-3-8-19(16)27-11-13-28(14-12-27)22(29)21-10-9-20(30-21)17-6-4-7-18(15-17)23(24,25)26/h2-10,15H,11-14H2,1H3. The Bertz CT molecular complexity index is 1050. The zero-order chi connectivity index (χ0) is 21.3. The highest BCUT2D eigenvalue weighted by molar-refractivity contribution is 5.92. The number of piperazine rings is 1. The minimum Gasteiger partial charge on any atom is -0.451 e. The molecule has 0 spiro atoms. The van der Waals surface area contributed by atoms with Crippen LogP contribution in [-0.4, -0.2) is 37.0 Å². The van der Waals surface area contributed by atoms with E-state index in [0.29, 0.717) is 26.2 Å². The number of hydrogen-bond donors (Lipinski definition) is 0. The van der Waals surface area contributed by atoms with Gasteiger partial charge in [-0.05, 0) is 42.8 Å². The molecule has 0 radical (unpaired) electrons. The first-order chi connectivity index (χ1) is 14.3. The molecule has 1 aliphatic heterocycles. The maximum atomic E-state index is 12.9. The first-order valence-corrected chi connectivity index (χ1v) is 9.70. The van der Waals surface area contributed by atoms with Crippen LogP contribution in [0.4, 0.5) is 18.9 Å². The molecular formula is C23H21F3N2O2. The minimum absolute atomic E-state index is 0.131. The van der Waals surface area contributed by atoms with E-state index in [0.717, 1.165) is 17.8 Å². The number of anilines is 1. The van der Waals surface area contributed by atoms with Crippen molar-refractivity contribution in [3.8, 4) is 11.3 Å². The maximum Gasteiger partial charge on any atom is 0.416 e. The molecule has 0 bridgehead atoms. The smallest absolute Gasteiger partial charge is 0.416 e. The molecule has 1 saturated heterocycles. The van der Waals surface area contributed by atoms with E-state index in [9.17, 15) is 18.0 Å². The van der Waals surface area contributed by atoms with Crippen molar-refractivity contribution in [2.24, 2.45) is 0 Å². The molecule has 156 valence electrons. The van der Waals surface area contributed by atoms with Crippen LogP contribution in [0.1, 0.15) is 21.7 Å². The molecule has 7 heteroatoms. The van der Waals surface area contributed by atoms with Crippen LogP contribution in [0.5, 0.6) is 0 Å². The molecule has 1 aromatic heterocycles. The Labute approximate surface area is 172 Å². The van der Waals surface area contributed by atoms with Crippen molar-refractivity contribution in [2.75, 3.05) is 31.1 Å². The van der Waals surface area contributed by atoms with Crippen LogP contribution in [0.25, 0.3) is 11.3 Å². The number of benzene rings is 2. The highest BCUT2D eigenvalue weighted by atomic mass is 19.4. The quantitative estimate of drug-likeness (QED) is 0.588. The van der Waals surface area contributed by atoms with Gasteiger partial charge >= 0.3 is 6.18 Å². The summed E-state index contributed by atoms with van der Waals surface area (Å²) in [6.45, 7) is 4.57. The van der Waals surface area contributed by atoms with Crippen LogP contribution in [-0.2, 0) is 6.18 Å². The summed E-state index contributed by atoms with van der Waals surface area (Å²) in [5.41, 5.74) is 1.88. The first-order valence-electron chi connectivity index (χ1n) is 9.70. The summed E-state index contributed by atoms with van der Waals surface area (Å²) in [5, 5.41) is 0. The van der Waals surface area contributed by atoms with E-state index in [1.807, 2.05) is 12.1 Å². The molecule has 4 rings (SSSR count). The predicted molar refractivity (Wildman–Crippen MR) is 108 cm³/mol. The average Bonchev–Trinajstić information content (AvgIpc) is 3.24. The number of aryl methyl sites for hydroxylation is 1. The summed E-state index contributed by atoms with van der Waals surface area (Å²) < 4.78 is 44.4. The number of hydrogen-bond acceptors (Lipinski definition) is 3. The Balaban J connectivity index is 1.45. The van der Waals surface area contributed by atoms with Gasteiger partial charge in [-0.3, -0.25) is 4.79 Å². The summed E-state index contributed by atoms with van der Waals surface area (Å²) in [7, 11) is 0. The molecule has 2 aromatic carbocycles. The van der Waals surface area contributed by atoms with Crippen LogP contribution < -0.4 is 4.90 Å². The minimum atomic E-state index is -4.43. The van der Waals surface area contributed by atoms with E-state index in [2.05, 4.69) is 24.0 Å². The fourth-order valence-electron chi connectivity index (χ4n) is 3.68. The molecule has 2 heterocycles. The Hall–Kier alpha value is -3.22. The molecule has 1 fully saturated rings. The second-order valence-electron chi connectivity index (χ2n) is 7.31. The number of halogens is 3. The summed E-state index contributed by atoms with van der Waals surface area (Å²) in [5.74, 6) is 0.118. The van der Waals surface area contributed by atoms with Crippen molar-refractivity contribution in [2.45, 2.75) is 13.1 Å². The molecule has 30 heavy (non-hydrogen) atoms. The average molecular weight is 414 g/mol. The van der Waals surface area contributed by atoms with Crippen LogP contribution in [0, 0.1) is 6.92 Å². The van der Waals surface area contributed by atoms with E-state index >= 15 is 0 Å². The van der Waals surface area contributed by atoms with E-state index in [1.165, 1.54) is 29.8 Å². The SMILES string of the molecule is Cc1ccccc1N1CCN(C(=O)c2ccc(-c3cccc(C(F)(F)F)c3)o2)CC1. The van der Waals surface area contributed by atoms with Gasteiger partial charge in [0, 0.05) is 37.4 Å². The molecule has 0 saturated carbocycles. The molecular weight excluding hydrogens is 393 g/mol. The van der Waals surface area contributed by atoms with Crippen LogP contribution in [0.15, 0.2) is 65.1 Å². The van der Waals surface area contributed by atoms with Crippen molar-refractivity contribution in [3.63, 3.8) is 0 Å². The molecule has 0 unspecified atom stereocenters. The summed E-state index contributed by atoms with van der Waals surface area (Å²) in [4.78, 5) is 16.8. The fourth-order valence-corrected chi connectivity index (χ4v) is 3.68. The number of carbonyl (C=O) groups is 1. The lowest BCUT2D eigenvalue weighted by atomic mass is 10.1. The highest BCUT2D eigenvalue weighted by Crippen LogP contribution is 2.33. The van der Waals surface area contributed by atoms with Crippen molar-refractivity contribution in [3.05, 3.63) is 77.6 Å². The van der Waals surface area contributed by atoms with E-state index < -0.39 is 11.7 Å². The molecule has 1 amide bonds. The number of furan rings is 1. The lowest BCUT2D eigenvalue weighted by Gasteiger charge is -2.36. The van der Waals surface area contributed by atoms with E-state index in [1.54, 1.807) is 4.90 Å². The van der Waals surface area contributed by atoms with Gasteiger partial charge in [0.1, 0.15) is 5.76 Å². The zero-order valence-corrected chi connectivity index (χ0v) is 16.4. The number of amides is 1. The second-order valence-corrected chi connectivity index (χ2v) is 7.31. The monoisotopic (exact) mass is 414 g/mol. The summed E-state index contributed by atoms with van der Waals surface area (Å²) >= 11 is 0. The Morgan fingerprint density at radius 3 is 2.37 bits per heavy atom. The van der Waals surface area contributed by atoms with Crippen LogP contribution in [0.2, 0.25) is 0 Å². The van der Waals surface area contributed by atoms with Crippen molar-refractivity contribution < 1.29 is 22.4 Å². The van der Waals surface area contributed by atoms with Crippen LogP contribution in [0.3, 0.4) is 0 Å². The van der Waals surface area contributed by atoms with Crippen molar-refractivity contribution in [1.82, 2.24) is 4.90 Å². The van der Waals surface area contributed by atoms with Gasteiger partial charge in [0.25, 0.3) is 5.91 Å². The fraction of sp³-hybridized carbons (Fsp3) is 0.261. The Morgan fingerprint density at radius 1 is 0.933 bits per heavy atom. The van der Waals surface area contributed by atoms with Crippen molar-refractivity contribution >= 4 is 11.6 Å². The van der Waals surface area contributed by atoms with Gasteiger partial charge in [-0.25, -0.2) is 0 Å². The lowest BCUT2D eigenvalue weighted by molar-refractivity contribution is -0.137. The van der Waals surface area contributed by atoms with Gasteiger partial charge in [0.05, 0.1) is 5.56 Å². The first kappa shape index (κ1) is 20.1. The Morgan fingerprint density at radius 2 is 1.67 bits per heavy atom. The van der Waals surface area contributed by atoms with Gasteiger partial charge in [0.15, 0.2) is 5.76 Å². The molecule has 0 aliphatic carbocycles. The topological polar surface area (TPSA) is 36.7 Å². The summed E-state index contributed by atoms with van der Waals surface area (Å²) in [6.07, 6.45) is -4.43. The number of alkyl halides is 3. The highest BCUT2D eigenvalue weighted by Gasteiger charge is 2.31. The van der Waals surface area contributed by atoms with Gasteiger partial charge in [-0.1, -0.05) is 30.3 Å². The largest absolute Gasteiger partial charge is 0.451 e. The molecule has 3 aromatic rings. The van der Waals surface area contributed by atoms with E-state index in [4.69, 9.17) is 4.42 Å². The summed E-state index contributed by atoms with van der Waals surface area (Å²) in [6, 6.07) is 16.1. The zero-order valence-electron chi connectivity index (χ0n) is 16.4. The van der Waals surface area contributed by atoms with E-state index in [-0.39, 0.29) is 23.0 Å². The van der Waals surface area contributed by atoms with Gasteiger partial charge in [0.2, 0.25) is 0 Å². The second kappa shape index (κ2) is 7.89. The normalized spacial score (nSPS) is 14.8. The third kappa shape index (κ3) is 4.06. The Kier molecular flexibility index (Phi) is 5.28. The molecule has 0 atom stereocenters. The lowest BCUT2D eigenvalue weighted by Crippen LogP contribution is -2.48. The third-order valence-corrected chi connectivity index (χ3v) is 5.31. The number of nitrogens with zero attached hydrogens (tertiary/aromatic N) is 2. The molecule has 0 N–H and O–H groups in total. The number of para-hydroxylation sites is 1. The molecule has 4 nitrogen and oxygen atoms in total. The molecule has 1 aliphatic rings. The van der Waals surface area contributed by atoms with Gasteiger partial charge in [-0.15, -0.1) is 0 Å². The van der Waals surface area contributed by atoms with Crippen LogP contribution >= 0.6 is 0 Å². The van der Waals surface area contributed by atoms with Gasteiger partial charge < -0.3 is 14.2 Å².